The Balaban J connectivity index is 2.33. The number of benzene rings is 2. The molecule has 5 heteroatoms. The van der Waals surface area contributed by atoms with Gasteiger partial charge in [0.2, 0.25) is 0 Å². The Bertz CT molecular complexity index is 1240. The van der Waals surface area contributed by atoms with Gasteiger partial charge in [0.1, 0.15) is 11.6 Å². The highest BCUT2D eigenvalue weighted by Crippen LogP contribution is 2.24. The summed E-state index contributed by atoms with van der Waals surface area (Å²) >= 11 is 0. The molecule has 1 N–H and O–H groups in total. The van der Waals surface area contributed by atoms with Gasteiger partial charge in [-0.25, -0.2) is 4.98 Å². The summed E-state index contributed by atoms with van der Waals surface area (Å²) in [5.74, 6) is 0. The Morgan fingerprint density at radius 2 is 1.79 bits per heavy atom. The molecule has 2 heterocycles. The van der Waals surface area contributed by atoms with Crippen molar-refractivity contribution in [2.75, 3.05) is 0 Å². The van der Waals surface area contributed by atoms with Crippen LogP contribution < -0.4 is 10.8 Å². The number of aromatic nitrogens is 2. The minimum absolute atomic E-state index is 0.0772. The molecule has 2 aromatic heterocycles. The number of fused-ring (bicyclic) bond motifs is 3. The van der Waals surface area contributed by atoms with E-state index in [0.29, 0.717) is 27.8 Å². The first kappa shape index (κ1) is 14.0. The molecule has 0 aliphatic carbocycles. The van der Waals surface area contributed by atoms with Gasteiger partial charge in [-0.1, -0.05) is 42.5 Å². The predicted molar refractivity (Wildman–Crippen MR) is 91.4 cm³/mol. The molecule has 0 spiro atoms. The minimum atomic E-state index is -0.404. The van der Waals surface area contributed by atoms with Crippen molar-refractivity contribution in [2.24, 2.45) is 0 Å². The van der Waals surface area contributed by atoms with E-state index in [4.69, 9.17) is 0 Å². The fraction of sp³-hybridized carbons (Fsp3) is 0. The molecule has 0 saturated carbocycles. The lowest BCUT2D eigenvalue weighted by Gasteiger charge is -2.07. The van der Waals surface area contributed by atoms with Gasteiger partial charge in [0.25, 0.3) is 5.56 Å². The fourth-order valence-electron chi connectivity index (χ4n) is 3.00. The summed E-state index contributed by atoms with van der Waals surface area (Å²) in [6, 6.07) is 18.4. The molecule has 0 atom stereocenters. The normalized spacial score (nSPS) is 11.9. The SMILES string of the molecule is N#Cc1c(-c2ccccc2)c(=CO)c(=O)n2c1nc1ccccc12. The molecular formula is C19H11N3O2. The molecule has 5 nitrogen and oxygen atoms in total. The van der Waals surface area contributed by atoms with Crippen molar-refractivity contribution in [1.82, 2.24) is 9.38 Å². The molecule has 24 heavy (non-hydrogen) atoms. The number of hydrogen-bond acceptors (Lipinski definition) is 4. The van der Waals surface area contributed by atoms with Crippen LogP contribution in [0, 0.1) is 11.3 Å². The van der Waals surface area contributed by atoms with Crippen molar-refractivity contribution >= 4 is 22.9 Å². The average Bonchev–Trinajstić information content (AvgIpc) is 3.02. The Labute approximate surface area is 136 Å². The molecular weight excluding hydrogens is 302 g/mol. The molecule has 0 aliphatic rings. The number of nitriles is 1. The smallest absolute Gasteiger partial charge is 0.267 e. The van der Waals surface area contributed by atoms with Crippen LogP contribution in [-0.4, -0.2) is 14.5 Å². The highest BCUT2D eigenvalue weighted by Gasteiger charge is 2.19. The molecule has 0 aliphatic heterocycles. The standard InChI is InChI=1S/C19H11N3O2/c20-10-13-17(12-6-2-1-3-7-12)14(11-23)19(24)22-16-9-5-4-8-15(16)21-18(13)22/h1-9,11,23H. The lowest BCUT2D eigenvalue weighted by Crippen LogP contribution is -2.33. The molecule has 114 valence electrons. The van der Waals surface area contributed by atoms with E-state index in [9.17, 15) is 15.2 Å². The van der Waals surface area contributed by atoms with E-state index in [2.05, 4.69) is 11.1 Å². The fourth-order valence-corrected chi connectivity index (χ4v) is 3.00. The number of imidazole rings is 1. The maximum absolute atomic E-state index is 12.9. The molecule has 0 bridgehead atoms. The zero-order chi connectivity index (χ0) is 16.7. The summed E-state index contributed by atoms with van der Waals surface area (Å²) < 4.78 is 1.38. The van der Waals surface area contributed by atoms with E-state index in [1.54, 1.807) is 30.3 Å². The molecule has 0 radical (unpaired) electrons. The first-order valence-corrected chi connectivity index (χ1v) is 7.33. The molecule has 0 fully saturated rings. The van der Waals surface area contributed by atoms with Crippen LogP contribution >= 0.6 is 0 Å². The summed E-state index contributed by atoms with van der Waals surface area (Å²) in [5, 5.41) is 19.5. The minimum Gasteiger partial charge on any atom is -0.515 e. The van der Waals surface area contributed by atoms with E-state index in [1.807, 2.05) is 24.3 Å². The molecule has 4 rings (SSSR count). The van der Waals surface area contributed by atoms with Crippen molar-refractivity contribution in [1.29, 1.82) is 5.26 Å². The first-order valence-electron chi connectivity index (χ1n) is 7.33. The summed E-state index contributed by atoms with van der Waals surface area (Å²) in [4.78, 5) is 17.4. The third kappa shape index (κ3) is 1.80. The largest absolute Gasteiger partial charge is 0.515 e. The zero-order valence-electron chi connectivity index (χ0n) is 12.5. The third-order valence-electron chi connectivity index (χ3n) is 4.04. The highest BCUT2D eigenvalue weighted by molar-refractivity contribution is 5.86. The third-order valence-corrected chi connectivity index (χ3v) is 4.04. The van der Waals surface area contributed by atoms with Crippen molar-refractivity contribution in [3.63, 3.8) is 0 Å². The number of nitrogens with zero attached hydrogens (tertiary/aromatic N) is 3. The maximum Gasteiger partial charge on any atom is 0.267 e. The van der Waals surface area contributed by atoms with Gasteiger partial charge in [-0.3, -0.25) is 9.20 Å². The van der Waals surface area contributed by atoms with Crippen LogP contribution in [-0.2, 0) is 0 Å². The van der Waals surface area contributed by atoms with Crippen molar-refractivity contribution < 1.29 is 5.11 Å². The van der Waals surface area contributed by atoms with E-state index >= 15 is 0 Å². The van der Waals surface area contributed by atoms with Crippen LogP contribution in [0.4, 0.5) is 0 Å². The van der Waals surface area contributed by atoms with Gasteiger partial charge < -0.3 is 5.11 Å². The second kappa shape index (κ2) is 5.21. The van der Waals surface area contributed by atoms with E-state index in [-0.39, 0.29) is 10.8 Å². The zero-order valence-corrected chi connectivity index (χ0v) is 12.5. The first-order chi connectivity index (χ1) is 11.8. The van der Waals surface area contributed by atoms with Crippen LogP contribution in [0.15, 0.2) is 59.4 Å². The van der Waals surface area contributed by atoms with Gasteiger partial charge in [-0.2, -0.15) is 5.26 Å². The van der Waals surface area contributed by atoms with Crippen molar-refractivity contribution in [2.45, 2.75) is 0 Å². The summed E-state index contributed by atoms with van der Waals surface area (Å²) in [7, 11) is 0. The van der Waals surface area contributed by atoms with Crippen molar-refractivity contribution in [3.05, 3.63) is 75.7 Å². The van der Waals surface area contributed by atoms with Crippen LogP contribution in [0.5, 0.6) is 0 Å². The Morgan fingerprint density at radius 3 is 2.50 bits per heavy atom. The topological polar surface area (TPSA) is 78.4 Å². The number of para-hydroxylation sites is 2. The van der Waals surface area contributed by atoms with Gasteiger partial charge in [0.15, 0.2) is 5.65 Å². The highest BCUT2D eigenvalue weighted by atomic mass is 16.2. The van der Waals surface area contributed by atoms with Crippen LogP contribution in [0.3, 0.4) is 0 Å². The van der Waals surface area contributed by atoms with Gasteiger partial charge in [0, 0.05) is 5.56 Å². The Hall–Kier alpha value is -3.65. The lowest BCUT2D eigenvalue weighted by molar-refractivity contribution is 0.539. The molecule has 0 unspecified atom stereocenters. The van der Waals surface area contributed by atoms with Crippen LogP contribution in [0.2, 0.25) is 0 Å². The Morgan fingerprint density at radius 1 is 1.08 bits per heavy atom. The Kier molecular flexibility index (Phi) is 3.04. The lowest BCUT2D eigenvalue weighted by atomic mass is 10.00. The molecule has 4 aromatic rings. The van der Waals surface area contributed by atoms with E-state index < -0.39 is 5.56 Å². The average molecular weight is 313 g/mol. The second-order valence-corrected chi connectivity index (χ2v) is 5.34. The molecule has 2 aromatic carbocycles. The number of pyridine rings is 1. The van der Waals surface area contributed by atoms with Crippen LogP contribution in [0.25, 0.3) is 34.1 Å². The maximum atomic E-state index is 12.9. The van der Waals surface area contributed by atoms with E-state index in [0.717, 1.165) is 6.26 Å². The van der Waals surface area contributed by atoms with E-state index in [1.165, 1.54) is 4.40 Å². The van der Waals surface area contributed by atoms with Gasteiger partial charge in [0.05, 0.1) is 22.5 Å². The number of aliphatic hydroxyl groups is 1. The van der Waals surface area contributed by atoms with Gasteiger partial charge in [-0.05, 0) is 17.7 Å². The summed E-state index contributed by atoms with van der Waals surface area (Å²) in [6.07, 6.45) is 0.764. The van der Waals surface area contributed by atoms with Gasteiger partial charge in [-0.15, -0.1) is 0 Å². The van der Waals surface area contributed by atoms with Gasteiger partial charge >= 0.3 is 0 Å². The summed E-state index contributed by atoms with van der Waals surface area (Å²) in [5.41, 5.74) is 2.47. The quantitative estimate of drug-likeness (QED) is 0.585. The molecule has 0 amide bonds. The molecule has 0 saturated heterocycles. The summed E-state index contributed by atoms with van der Waals surface area (Å²) in [6.45, 7) is 0. The second-order valence-electron chi connectivity index (χ2n) is 5.34. The number of rotatable bonds is 1. The number of hydrogen-bond donors (Lipinski definition) is 1. The monoisotopic (exact) mass is 313 g/mol. The predicted octanol–water partition coefficient (Wildman–Crippen LogP) is 2.40. The number of aliphatic hydroxyl groups excluding tert-OH is 1. The van der Waals surface area contributed by atoms with Crippen LogP contribution in [0.1, 0.15) is 5.56 Å². The van der Waals surface area contributed by atoms with Crippen molar-refractivity contribution in [3.8, 4) is 17.2 Å².